The molecule has 6 nitrogen and oxygen atoms in total. The first-order valence-electron chi connectivity index (χ1n) is 6.74. The zero-order valence-corrected chi connectivity index (χ0v) is 11.5. The van der Waals surface area contributed by atoms with Crippen LogP contribution in [-0.2, 0) is 6.42 Å². The summed E-state index contributed by atoms with van der Waals surface area (Å²) in [7, 11) is 0. The average molecular weight is 282 g/mol. The number of carboxylic acid groups (broad SMARTS) is 1. The summed E-state index contributed by atoms with van der Waals surface area (Å²) in [5.74, 6) is -1.05. The number of carbonyl (C=O) groups is 1. The topological polar surface area (TPSA) is 80.9 Å². The van der Waals surface area contributed by atoms with Crippen molar-refractivity contribution in [2.75, 3.05) is 0 Å². The third-order valence-corrected chi connectivity index (χ3v) is 3.30. The molecule has 0 aliphatic carbocycles. The highest BCUT2D eigenvalue weighted by Gasteiger charge is 2.20. The minimum absolute atomic E-state index is 0.0118. The van der Waals surface area contributed by atoms with Crippen LogP contribution >= 0.6 is 0 Å². The van der Waals surface area contributed by atoms with E-state index >= 15 is 0 Å². The van der Waals surface area contributed by atoms with Gasteiger partial charge >= 0.3 is 5.97 Å². The van der Waals surface area contributed by atoms with E-state index in [1.165, 1.54) is 0 Å². The Balaban J connectivity index is 2.26. The zero-order valence-electron chi connectivity index (χ0n) is 11.5. The van der Waals surface area contributed by atoms with Gasteiger partial charge in [0, 0.05) is 11.6 Å². The molecule has 0 aliphatic rings. The maximum Gasteiger partial charge on any atom is 0.358 e. The second-order valence-corrected chi connectivity index (χ2v) is 4.70. The lowest BCUT2D eigenvalue weighted by Crippen LogP contribution is -2.07. The molecule has 2 heterocycles. The number of carboxylic acids is 1. The van der Waals surface area contributed by atoms with Gasteiger partial charge in [-0.05, 0) is 30.7 Å². The van der Waals surface area contributed by atoms with Crippen LogP contribution in [-0.4, -0.2) is 31.1 Å². The van der Waals surface area contributed by atoms with E-state index in [9.17, 15) is 9.90 Å². The molecular weight excluding hydrogens is 268 g/mol. The molecule has 0 saturated carbocycles. The minimum atomic E-state index is -1.05. The molecule has 3 aromatic rings. The zero-order chi connectivity index (χ0) is 14.8. The number of hydrogen-bond acceptors (Lipinski definition) is 4. The Morgan fingerprint density at radius 3 is 2.90 bits per heavy atom. The molecule has 6 heteroatoms. The molecule has 0 amide bonds. The molecule has 2 aromatic heterocycles. The van der Waals surface area contributed by atoms with Crippen LogP contribution in [0.1, 0.15) is 29.5 Å². The van der Waals surface area contributed by atoms with Crippen molar-refractivity contribution in [2.24, 2.45) is 0 Å². The molecule has 0 radical (unpaired) electrons. The van der Waals surface area contributed by atoms with E-state index < -0.39 is 5.97 Å². The third-order valence-electron chi connectivity index (χ3n) is 3.30. The number of hydrogen-bond donors (Lipinski definition) is 1. The van der Waals surface area contributed by atoms with Crippen molar-refractivity contribution >= 4 is 16.9 Å². The molecule has 1 N–H and O–H groups in total. The Bertz CT molecular complexity index is 805. The summed E-state index contributed by atoms with van der Waals surface area (Å²) >= 11 is 0. The predicted molar refractivity (Wildman–Crippen MR) is 77.6 cm³/mol. The predicted octanol–water partition coefficient (Wildman–Crippen LogP) is 2.47. The van der Waals surface area contributed by atoms with Crippen molar-refractivity contribution in [2.45, 2.75) is 19.8 Å². The molecule has 0 atom stereocenters. The molecular formula is C15H14N4O2. The fraction of sp³-hybridized carbons (Fsp3) is 0.200. The van der Waals surface area contributed by atoms with Crippen LogP contribution in [0.5, 0.6) is 0 Å². The maximum absolute atomic E-state index is 11.3. The SMILES string of the molecule is CCCc1c(C(=O)O)nnn1-c1cccc2ncccc12. The summed E-state index contributed by atoms with van der Waals surface area (Å²) in [6.45, 7) is 1.99. The highest BCUT2D eigenvalue weighted by atomic mass is 16.4. The summed E-state index contributed by atoms with van der Waals surface area (Å²) in [5.41, 5.74) is 2.26. The molecule has 106 valence electrons. The Labute approximate surface area is 121 Å². The third kappa shape index (κ3) is 2.24. The van der Waals surface area contributed by atoms with Crippen molar-refractivity contribution in [1.82, 2.24) is 20.0 Å². The molecule has 1 aromatic carbocycles. The summed E-state index contributed by atoms with van der Waals surface area (Å²) in [5, 5.41) is 18.0. The Kier molecular flexibility index (Phi) is 3.35. The highest BCUT2D eigenvalue weighted by molar-refractivity contribution is 5.89. The first kappa shape index (κ1) is 13.2. The monoisotopic (exact) mass is 282 g/mol. The summed E-state index contributed by atoms with van der Waals surface area (Å²) < 4.78 is 1.61. The lowest BCUT2D eigenvalue weighted by molar-refractivity contribution is 0.0689. The first-order valence-corrected chi connectivity index (χ1v) is 6.74. The molecule has 0 fully saturated rings. The van der Waals surface area contributed by atoms with E-state index in [0.29, 0.717) is 12.1 Å². The van der Waals surface area contributed by atoms with Crippen LogP contribution in [0.3, 0.4) is 0 Å². The fourth-order valence-corrected chi connectivity index (χ4v) is 2.39. The number of aromatic carboxylic acids is 1. The standard InChI is InChI=1S/C15H14N4O2/c1-2-5-13-14(15(20)21)17-18-19(13)12-8-3-7-11-10(12)6-4-9-16-11/h3-4,6-9H,2,5H2,1H3,(H,20,21). The number of benzene rings is 1. The Hall–Kier alpha value is -2.76. The number of aromatic nitrogens is 4. The van der Waals surface area contributed by atoms with Crippen molar-refractivity contribution in [1.29, 1.82) is 0 Å². The van der Waals surface area contributed by atoms with Gasteiger partial charge in [-0.25, -0.2) is 9.48 Å². The second-order valence-electron chi connectivity index (χ2n) is 4.70. The minimum Gasteiger partial charge on any atom is -0.476 e. The number of nitrogens with zero attached hydrogens (tertiary/aromatic N) is 4. The number of rotatable bonds is 4. The van der Waals surface area contributed by atoms with E-state index in [1.54, 1.807) is 10.9 Å². The average Bonchev–Trinajstić information content (AvgIpc) is 2.91. The molecule has 0 saturated heterocycles. The largest absolute Gasteiger partial charge is 0.476 e. The van der Waals surface area contributed by atoms with Crippen LogP contribution < -0.4 is 0 Å². The summed E-state index contributed by atoms with van der Waals surface area (Å²) in [6, 6.07) is 9.47. The van der Waals surface area contributed by atoms with Crippen LogP contribution in [0.2, 0.25) is 0 Å². The molecule has 21 heavy (non-hydrogen) atoms. The normalized spacial score (nSPS) is 10.9. The van der Waals surface area contributed by atoms with Crippen LogP contribution in [0.25, 0.3) is 16.6 Å². The van der Waals surface area contributed by atoms with Gasteiger partial charge in [0.05, 0.1) is 16.9 Å². The van der Waals surface area contributed by atoms with Crippen LogP contribution in [0.15, 0.2) is 36.5 Å². The van der Waals surface area contributed by atoms with E-state index in [0.717, 1.165) is 23.0 Å². The number of fused-ring (bicyclic) bond motifs is 1. The van der Waals surface area contributed by atoms with Crippen molar-refractivity contribution < 1.29 is 9.90 Å². The van der Waals surface area contributed by atoms with Crippen molar-refractivity contribution in [3.05, 3.63) is 47.9 Å². The summed E-state index contributed by atoms with van der Waals surface area (Å²) in [6.07, 6.45) is 3.14. The fourth-order valence-electron chi connectivity index (χ4n) is 2.39. The lowest BCUT2D eigenvalue weighted by atomic mass is 10.1. The van der Waals surface area contributed by atoms with Gasteiger partial charge in [-0.3, -0.25) is 4.98 Å². The van der Waals surface area contributed by atoms with Crippen LogP contribution in [0.4, 0.5) is 0 Å². The van der Waals surface area contributed by atoms with Gasteiger partial charge in [-0.1, -0.05) is 24.6 Å². The van der Waals surface area contributed by atoms with E-state index in [2.05, 4.69) is 15.3 Å². The molecule has 3 rings (SSSR count). The molecule has 0 aliphatic heterocycles. The Morgan fingerprint density at radius 2 is 2.14 bits per heavy atom. The molecule has 0 spiro atoms. The van der Waals surface area contributed by atoms with Gasteiger partial charge < -0.3 is 5.11 Å². The quantitative estimate of drug-likeness (QED) is 0.795. The Morgan fingerprint density at radius 1 is 1.29 bits per heavy atom. The second kappa shape index (κ2) is 5.32. The lowest BCUT2D eigenvalue weighted by Gasteiger charge is -2.09. The van der Waals surface area contributed by atoms with Gasteiger partial charge in [0.15, 0.2) is 5.69 Å². The molecule has 0 unspecified atom stereocenters. The van der Waals surface area contributed by atoms with Crippen LogP contribution in [0, 0.1) is 0 Å². The number of pyridine rings is 1. The van der Waals surface area contributed by atoms with Crippen molar-refractivity contribution in [3.8, 4) is 5.69 Å². The van der Waals surface area contributed by atoms with E-state index in [1.807, 2.05) is 37.3 Å². The highest BCUT2D eigenvalue weighted by Crippen LogP contribution is 2.22. The smallest absolute Gasteiger partial charge is 0.358 e. The van der Waals surface area contributed by atoms with Gasteiger partial charge in [0.2, 0.25) is 0 Å². The summed E-state index contributed by atoms with van der Waals surface area (Å²) in [4.78, 5) is 15.6. The first-order chi connectivity index (χ1) is 10.2. The van der Waals surface area contributed by atoms with Gasteiger partial charge in [0.25, 0.3) is 0 Å². The maximum atomic E-state index is 11.3. The van der Waals surface area contributed by atoms with E-state index in [-0.39, 0.29) is 5.69 Å². The van der Waals surface area contributed by atoms with Gasteiger partial charge in [-0.2, -0.15) is 0 Å². The van der Waals surface area contributed by atoms with Gasteiger partial charge in [0.1, 0.15) is 0 Å². The molecule has 0 bridgehead atoms. The van der Waals surface area contributed by atoms with Gasteiger partial charge in [-0.15, -0.1) is 5.10 Å². The van der Waals surface area contributed by atoms with Crippen molar-refractivity contribution in [3.63, 3.8) is 0 Å². The van der Waals surface area contributed by atoms with E-state index in [4.69, 9.17) is 0 Å².